The lowest BCUT2D eigenvalue weighted by molar-refractivity contribution is -0.141. The number of fused-ring (bicyclic) bond motifs is 1. The van der Waals surface area contributed by atoms with Crippen molar-refractivity contribution < 1.29 is 22.7 Å². The second-order valence-electron chi connectivity index (χ2n) is 8.40. The number of methoxy groups -OCH3 is 1. The third-order valence-corrected chi connectivity index (χ3v) is 8.99. The van der Waals surface area contributed by atoms with Gasteiger partial charge in [0.2, 0.25) is 0 Å². The maximum absolute atomic E-state index is 13.2. The van der Waals surface area contributed by atoms with Gasteiger partial charge in [0.1, 0.15) is 6.54 Å². The summed E-state index contributed by atoms with van der Waals surface area (Å²) in [6.07, 6.45) is 0. The van der Waals surface area contributed by atoms with Crippen molar-refractivity contribution in [2.24, 2.45) is 4.99 Å². The summed E-state index contributed by atoms with van der Waals surface area (Å²) in [4.78, 5) is 29.8. The summed E-state index contributed by atoms with van der Waals surface area (Å²) in [5.74, 6) is -1.00. The number of anilines is 1. The number of carbonyl (C=O) groups excluding carboxylic acids is 2. The summed E-state index contributed by atoms with van der Waals surface area (Å²) in [7, 11) is -2.51. The number of nitrogens with zero attached hydrogens (tertiary/aromatic N) is 3. The Labute approximate surface area is 219 Å². The number of hydrogen-bond acceptors (Lipinski definition) is 6. The topological polar surface area (TPSA) is 98.0 Å². The van der Waals surface area contributed by atoms with E-state index < -0.39 is 21.9 Å². The number of rotatable bonds is 7. The van der Waals surface area contributed by atoms with Crippen LogP contribution in [0.3, 0.4) is 0 Å². The van der Waals surface area contributed by atoms with Crippen LogP contribution < -0.4 is 9.11 Å². The molecule has 1 amide bonds. The SMILES string of the molecule is CCN(c1ccccc1)S(=O)(=O)c1ccc(C(=O)N=c2sc3cc(C)c(C)cc3n2CC(=O)OC)cc1. The Morgan fingerprint density at radius 2 is 1.65 bits per heavy atom. The van der Waals surface area contributed by atoms with Crippen LogP contribution >= 0.6 is 11.3 Å². The molecule has 0 unspecified atom stereocenters. The van der Waals surface area contributed by atoms with Gasteiger partial charge in [-0.3, -0.25) is 13.9 Å². The first-order valence-corrected chi connectivity index (χ1v) is 13.9. The quantitative estimate of drug-likeness (QED) is 0.325. The van der Waals surface area contributed by atoms with Crippen molar-refractivity contribution in [2.75, 3.05) is 18.0 Å². The minimum atomic E-state index is -3.82. The van der Waals surface area contributed by atoms with Gasteiger partial charge in [0.05, 0.1) is 27.9 Å². The number of para-hydroxylation sites is 1. The number of aromatic nitrogens is 1. The summed E-state index contributed by atoms with van der Waals surface area (Å²) in [6.45, 7) is 5.90. The van der Waals surface area contributed by atoms with Crippen LogP contribution in [-0.4, -0.2) is 38.5 Å². The Morgan fingerprint density at radius 3 is 2.27 bits per heavy atom. The van der Waals surface area contributed by atoms with Crippen LogP contribution in [0.5, 0.6) is 0 Å². The molecule has 10 heteroatoms. The van der Waals surface area contributed by atoms with Gasteiger partial charge in [-0.25, -0.2) is 8.42 Å². The van der Waals surface area contributed by atoms with Gasteiger partial charge in [-0.15, -0.1) is 0 Å². The number of sulfonamides is 1. The van der Waals surface area contributed by atoms with Gasteiger partial charge in [-0.1, -0.05) is 29.5 Å². The molecule has 0 saturated heterocycles. The summed E-state index contributed by atoms with van der Waals surface area (Å²) in [5.41, 5.74) is 3.72. The lowest BCUT2D eigenvalue weighted by Gasteiger charge is -2.22. The van der Waals surface area contributed by atoms with Crippen LogP contribution in [0.2, 0.25) is 0 Å². The van der Waals surface area contributed by atoms with E-state index in [9.17, 15) is 18.0 Å². The predicted molar refractivity (Wildman–Crippen MR) is 144 cm³/mol. The second-order valence-corrected chi connectivity index (χ2v) is 11.3. The van der Waals surface area contributed by atoms with Gasteiger partial charge >= 0.3 is 5.97 Å². The molecule has 0 aliphatic carbocycles. The third-order valence-electron chi connectivity index (χ3n) is 6.03. The molecular weight excluding hydrogens is 510 g/mol. The Morgan fingerprint density at radius 1 is 1.00 bits per heavy atom. The zero-order chi connectivity index (χ0) is 26.7. The maximum atomic E-state index is 13.2. The van der Waals surface area contributed by atoms with E-state index in [-0.39, 0.29) is 23.5 Å². The lowest BCUT2D eigenvalue weighted by atomic mass is 10.1. The van der Waals surface area contributed by atoms with Crippen molar-refractivity contribution >= 4 is 49.1 Å². The fourth-order valence-corrected chi connectivity index (χ4v) is 6.47. The number of carbonyl (C=O) groups is 2. The van der Waals surface area contributed by atoms with Gasteiger partial charge in [0, 0.05) is 12.1 Å². The molecule has 8 nitrogen and oxygen atoms in total. The maximum Gasteiger partial charge on any atom is 0.325 e. The molecule has 3 aromatic carbocycles. The van der Waals surface area contributed by atoms with Gasteiger partial charge in [-0.2, -0.15) is 4.99 Å². The fraction of sp³-hybridized carbons (Fsp3) is 0.222. The molecule has 0 N–H and O–H groups in total. The van der Waals surface area contributed by atoms with E-state index in [1.54, 1.807) is 35.8 Å². The minimum Gasteiger partial charge on any atom is -0.468 e. The summed E-state index contributed by atoms with van der Waals surface area (Å²) in [6, 6.07) is 18.5. The van der Waals surface area contributed by atoms with Crippen LogP contribution in [0.4, 0.5) is 5.69 Å². The molecule has 0 aliphatic rings. The number of esters is 1. The summed E-state index contributed by atoms with van der Waals surface area (Å²) >= 11 is 1.30. The zero-order valence-corrected chi connectivity index (χ0v) is 22.6. The minimum absolute atomic E-state index is 0.0725. The molecule has 1 aromatic heterocycles. The van der Waals surface area contributed by atoms with Crippen molar-refractivity contribution in [3.63, 3.8) is 0 Å². The monoisotopic (exact) mass is 537 g/mol. The molecular formula is C27H27N3O5S2. The first kappa shape index (κ1) is 26.3. The van der Waals surface area contributed by atoms with Crippen LogP contribution in [0, 0.1) is 13.8 Å². The number of amides is 1. The van der Waals surface area contributed by atoms with Crippen molar-refractivity contribution in [1.29, 1.82) is 0 Å². The van der Waals surface area contributed by atoms with E-state index in [4.69, 9.17) is 4.74 Å². The number of benzene rings is 3. The van der Waals surface area contributed by atoms with E-state index >= 15 is 0 Å². The van der Waals surface area contributed by atoms with E-state index in [2.05, 4.69) is 4.99 Å². The average molecular weight is 538 g/mol. The second kappa shape index (κ2) is 10.7. The molecule has 0 bridgehead atoms. The van der Waals surface area contributed by atoms with Gasteiger partial charge in [-0.05, 0) is 80.4 Å². The first-order chi connectivity index (χ1) is 17.6. The molecule has 0 atom stereocenters. The highest BCUT2D eigenvalue weighted by Crippen LogP contribution is 2.24. The molecule has 1 heterocycles. The fourth-order valence-electron chi connectivity index (χ4n) is 3.89. The molecule has 4 aromatic rings. The Kier molecular flexibility index (Phi) is 7.60. The van der Waals surface area contributed by atoms with Gasteiger partial charge < -0.3 is 9.30 Å². The van der Waals surface area contributed by atoms with Gasteiger partial charge in [0.15, 0.2) is 4.80 Å². The molecule has 0 aliphatic heterocycles. The molecule has 0 spiro atoms. The number of aryl methyl sites for hydroxylation is 2. The highest BCUT2D eigenvalue weighted by Gasteiger charge is 2.24. The number of thiazole rings is 1. The lowest BCUT2D eigenvalue weighted by Crippen LogP contribution is -2.30. The van der Waals surface area contributed by atoms with Crippen molar-refractivity contribution in [2.45, 2.75) is 32.2 Å². The highest BCUT2D eigenvalue weighted by molar-refractivity contribution is 7.92. The standard InChI is InChI=1S/C27H27N3O5S2/c1-5-30(21-9-7-6-8-10-21)37(33,34)22-13-11-20(12-14-22)26(32)28-27-29(17-25(31)35-4)23-15-18(2)19(3)16-24(23)36-27/h6-16H,5,17H2,1-4H3. The summed E-state index contributed by atoms with van der Waals surface area (Å²) in [5, 5.41) is 0. The van der Waals surface area contributed by atoms with E-state index in [1.807, 2.05) is 32.0 Å². The van der Waals surface area contributed by atoms with Crippen molar-refractivity contribution in [3.8, 4) is 0 Å². The normalized spacial score (nSPS) is 12.1. The Balaban J connectivity index is 1.70. The van der Waals surface area contributed by atoms with Crippen molar-refractivity contribution in [1.82, 2.24) is 4.57 Å². The highest BCUT2D eigenvalue weighted by atomic mass is 32.2. The number of hydrogen-bond donors (Lipinski definition) is 0. The van der Waals surface area contributed by atoms with Gasteiger partial charge in [0.25, 0.3) is 15.9 Å². The smallest absolute Gasteiger partial charge is 0.325 e. The number of ether oxygens (including phenoxy) is 1. The van der Waals surface area contributed by atoms with E-state index in [0.717, 1.165) is 21.3 Å². The zero-order valence-electron chi connectivity index (χ0n) is 21.0. The largest absolute Gasteiger partial charge is 0.468 e. The predicted octanol–water partition coefficient (Wildman–Crippen LogP) is 4.45. The van der Waals surface area contributed by atoms with Crippen LogP contribution in [0.1, 0.15) is 28.4 Å². The van der Waals surface area contributed by atoms with E-state index in [1.165, 1.54) is 47.0 Å². The van der Waals surface area contributed by atoms with Crippen LogP contribution in [0.15, 0.2) is 76.6 Å². The molecule has 0 saturated carbocycles. The van der Waals surface area contributed by atoms with Crippen LogP contribution in [-0.2, 0) is 26.1 Å². The molecule has 0 radical (unpaired) electrons. The Hall–Kier alpha value is -3.76. The van der Waals surface area contributed by atoms with E-state index in [0.29, 0.717) is 10.5 Å². The summed E-state index contributed by atoms with van der Waals surface area (Å²) < 4.78 is 35.2. The third kappa shape index (κ3) is 5.35. The average Bonchev–Trinajstić information content (AvgIpc) is 3.20. The molecule has 4 rings (SSSR count). The van der Waals surface area contributed by atoms with Crippen LogP contribution in [0.25, 0.3) is 10.2 Å². The van der Waals surface area contributed by atoms with Crippen molar-refractivity contribution in [3.05, 3.63) is 88.2 Å². The first-order valence-electron chi connectivity index (χ1n) is 11.6. The molecule has 37 heavy (non-hydrogen) atoms. The molecule has 192 valence electrons. The molecule has 0 fully saturated rings. The Bertz CT molecular complexity index is 1640.